The van der Waals surface area contributed by atoms with Crippen molar-refractivity contribution in [2.45, 2.75) is 13.3 Å². The zero-order chi connectivity index (χ0) is 7.84. The summed E-state index contributed by atoms with van der Waals surface area (Å²) >= 11 is 0. The number of aromatic nitrogens is 1. The molecule has 0 aromatic carbocycles. The van der Waals surface area contributed by atoms with Crippen LogP contribution in [0.2, 0.25) is 0 Å². The molecule has 11 heavy (non-hydrogen) atoms. The molecule has 2 rings (SSSR count). The molecule has 0 N–H and O–H groups in total. The van der Waals surface area contributed by atoms with E-state index < -0.39 is 0 Å². The first-order valence-corrected chi connectivity index (χ1v) is 3.77. The van der Waals surface area contributed by atoms with Crippen LogP contribution in [0.4, 0.5) is 0 Å². The molecule has 1 heterocycles. The number of nitrogens with zero attached hydrogens (tertiary/aromatic N) is 1. The number of fused-ring (bicyclic) bond motifs is 1. The molecule has 0 saturated heterocycles. The lowest BCUT2D eigenvalue weighted by molar-refractivity contribution is 0.0942. The molecule has 2 heteroatoms. The van der Waals surface area contributed by atoms with Crippen molar-refractivity contribution in [1.82, 2.24) is 4.98 Å². The summed E-state index contributed by atoms with van der Waals surface area (Å²) in [6, 6.07) is 3.86. The maximum absolute atomic E-state index is 11.3. The van der Waals surface area contributed by atoms with Gasteiger partial charge in [0.15, 0.2) is 5.78 Å². The van der Waals surface area contributed by atoms with Crippen LogP contribution in [-0.4, -0.2) is 10.8 Å². The average molecular weight is 147 g/mol. The summed E-state index contributed by atoms with van der Waals surface area (Å²) in [5, 5.41) is 0. The highest BCUT2D eigenvalue weighted by atomic mass is 16.1. The van der Waals surface area contributed by atoms with Gasteiger partial charge in [0, 0.05) is 12.1 Å². The fourth-order valence-electron chi connectivity index (χ4n) is 1.48. The molecule has 0 bridgehead atoms. The van der Waals surface area contributed by atoms with Gasteiger partial charge in [-0.15, -0.1) is 0 Å². The number of hydrogen-bond donors (Lipinski definition) is 0. The lowest BCUT2D eigenvalue weighted by atomic mass is 10.1. The average Bonchev–Trinajstić information content (AvgIpc) is 2.30. The van der Waals surface area contributed by atoms with Gasteiger partial charge in [-0.2, -0.15) is 0 Å². The first kappa shape index (κ1) is 6.53. The van der Waals surface area contributed by atoms with Crippen molar-refractivity contribution in [3.8, 4) is 0 Å². The Balaban J connectivity index is 2.55. The van der Waals surface area contributed by atoms with Crippen LogP contribution in [0, 0.1) is 5.92 Å². The van der Waals surface area contributed by atoms with Crippen molar-refractivity contribution in [1.29, 1.82) is 0 Å². The van der Waals surface area contributed by atoms with E-state index in [9.17, 15) is 4.79 Å². The van der Waals surface area contributed by atoms with Crippen molar-refractivity contribution in [3.63, 3.8) is 0 Å². The van der Waals surface area contributed by atoms with E-state index in [-0.39, 0.29) is 11.7 Å². The molecule has 0 aliphatic heterocycles. The van der Waals surface area contributed by atoms with Crippen molar-refractivity contribution in [2.24, 2.45) is 5.92 Å². The molecule has 56 valence electrons. The van der Waals surface area contributed by atoms with Crippen LogP contribution in [0.15, 0.2) is 18.3 Å². The van der Waals surface area contributed by atoms with Gasteiger partial charge < -0.3 is 0 Å². The third kappa shape index (κ3) is 0.862. The van der Waals surface area contributed by atoms with Gasteiger partial charge in [0.2, 0.25) is 0 Å². The number of pyridine rings is 1. The summed E-state index contributed by atoms with van der Waals surface area (Å²) in [6.07, 6.45) is 2.54. The Morgan fingerprint density at radius 3 is 3.18 bits per heavy atom. The van der Waals surface area contributed by atoms with E-state index in [2.05, 4.69) is 4.98 Å². The molecule has 2 nitrogen and oxygen atoms in total. The normalized spacial score (nSPS) is 21.9. The molecule has 1 atom stereocenters. The number of rotatable bonds is 0. The Bertz CT molecular complexity index is 306. The van der Waals surface area contributed by atoms with Gasteiger partial charge in [-0.3, -0.25) is 9.78 Å². The van der Waals surface area contributed by atoms with Gasteiger partial charge in [-0.1, -0.05) is 13.0 Å². The minimum absolute atomic E-state index is 0.139. The third-order valence-corrected chi connectivity index (χ3v) is 2.10. The highest BCUT2D eigenvalue weighted by Gasteiger charge is 2.27. The molecule has 1 aliphatic carbocycles. The van der Waals surface area contributed by atoms with E-state index in [0.717, 1.165) is 12.0 Å². The van der Waals surface area contributed by atoms with Crippen LogP contribution in [0.25, 0.3) is 0 Å². The van der Waals surface area contributed by atoms with E-state index in [0.29, 0.717) is 5.69 Å². The Morgan fingerprint density at radius 1 is 1.64 bits per heavy atom. The molecule has 0 fully saturated rings. The Morgan fingerprint density at radius 2 is 2.45 bits per heavy atom. The largest absolute Gasteiger partial charge is 0.292 e. The minimum atomic E-state index is 0.139. The zero-order valence-electron chi connectivity index (χ0n) is 6.37. The molecular formula is C9H9NO. The van der Waals surface area contributed by atoms with E-state index >= 15 is 0 Å². The fourth-order valence-corrected chi connectivity index (χ4v) is 1.48. The molecule has 1 aromatic rings. The van der Waals surface area contributed by atoms with Gasteiger partial charge in [0.25, 0.3) is 0 Å². The standard InChI is InChI=1S/C9H9NO/c1-6-5-7-3-2-4-10-8(7)9(6)11/h2-4,6H,5H2,1H3/t6-/m0/s1. The highest BCUT2D eigenvalue weighted by Crippen LogP contribution is 2.23. The maximum atomic E-state index is 11.3. The highest BCUT2D eigenvalue weighted by molar-refractivity contribution is 6.00. The van der Waals surface area contributed by atoms with E-state index in [1.54, 1.807) is 6.20 Å². The number of carbonyl (C=O) groups excluding carboxylic acids is 1. The molecule has 0 radical (unpaired) electrons. The molecule has 0 amide bonds. The lowest BCUT2D eigenvalue weighted by Gasteiger charge is -1.92. The molecule has 0 unspecified atom stereocenters. The summed E-state index contributed by atoms with van der Waals surface area (Å²) in [6.45, 7) is 1.95. The second kappa shape index (κ2) is 2.16. The number of hydrogen-bond acceptors (Lipinski definition) is 2. The number of Topliss-reactive ketones (excluding diaryl/α,β-unsaturated/α-hetero) is 1. The van der Waals surface area contributed by atoms with Crippen LogP contribution in [-0.2, 0) is 6.42 Å². The monoisotopic (exact) mass is 147 g/mol. The molecule has 0 spiro atoms. The first-order valence-electron chi connectivity index (χ1n) is 3.77. The Kier molecular flexibility index (Phi) is 1.28. The van der Waals surface area contributed by atoms with Crippen LogP contribution in [0.5, 0.6) is 0 Å². The lowest BCUT2D eigenvalue weighted by Crippen LogP contribution is -2.04. The van der Waals surface area contributed by atoms with Crippen LogP contribution in [0.3, 0.4) is 0 Å². The van der Waals surface area contributed by atoms with Crippen molar-refractivity contribution >= 4 is 5.78 Å². The summed E-state index contributed by atoms with van der Waals surface area (Å²) in [5.74, 6) is 0.334. The molecule has 0 saturated carbocycles. The summed E-state index contributed by atoms with van der Waals surface area (Å²) in [7, 11) is 0. The van der Waals surface area contributed by atoms with Gasteiger partial charge in [0.1, 0.15) is 5.69 Å². The minimum Gasteiger partial charge on any atom is -0.292 e. The second-order valence-corrected chi connectivity index (χ2v) is 2.98. The predicted molar refractivity (Wildman–Crippen MR) is 41.4 cm³/mol. The summed E-state index contributed by atoms with van der Waals surface area (Å²) in [5.41, 5.74) is 1.78. The maximum Gasteiger partial charge on any atom is 0.184 e. The van der Waals surface area contributed by atoms with Crippen molar-refractivity contribution in [3.05, 3.63) is 29.6 Å². The van der Waals surface area contributed by atoms with Gasteiger partial charge in [0.05, 0.1) is 0 Å². The van der Waals surface area contributed by atoms with Crippen LogP contribution in [0.1, 0.15) is 23.0 Å². The zero-order valence-corrected chi connectivity index (χ0v) is 6.37. The third-order valence-electron chi connectivity index (χ3n) is 2.10. The molecular weight excluding hydrogens is 138 g/mol. The fraction of sp³-hybridized carbons (Fsp3) is 0.333. The first-order chi connectivity index (χ1) is 5.29. The van der Waals surface area contributed by atoms with Gasteiger partial charge >= 0.3 is 0 Å². The van der Waals surface area contributed by atoms with Crippen molar-refractivity contribution < 1.29 is 4.79 Å². The summed E-state index contributed by atoms with van der Waals surface area (Å²) in [4.78, 5) is 15.4. The number of ketones is 1. The molecule has 1 aliphatic rings. The second-order valence-electron chi connectivity index (χ2n) is 2.98. The Labute approximate surface area is 65.3 Å². The quantitative estimate of drug-likeness (QED) is 0.556. The van der Waals surface area contributed by atoms with Crippen molar-refractivity contribution in [2.75, 3.05) is 0 Å². The van der Waals surface area contributed by atoms with E-state index in [1.165, 1.54) is 0 Å². The SMILES string of the molecule is C[C@H]1Cc2cccnc2C1=O. The topological polar surface area (TPSA) is 30.0 Å². The van der Waals surface area contributed by atoms with Gasteiger partial charge in [-0.05, 0) is 18.1 Å². The van der Waals surface area contributed by atoms with E-state index in [1.807, 2.05) is 19.1 Å². The smallest absolute Gasteiger partial charge is 0.184 e. The van der Waals surface area contributed by atoms with E-state index in [4.69, 9.17) is 0 Å². The molecule has 1 aromatic heterocycles. The van der Waals surface area contributed by atoms with Crippen LogP contribution >= 0.6 is 0 Å². The number of carbonyl (C=O) groups is 1. The van der Waals surface area contributed by atoms with Crippen LogP contribution < -0.4 is 0 Å². The Hall–Kier alpha value is -1.18. The van der Waals surface area contributed by atoms with Gasteiger partial charge in [-0.25, -0.2) is 0 Å². The predicted octanol–water partition coefficient (Wildman–Crippen LogP) is 1.46. The summed E-state index contributed by atoms with van der Waals surface area (Å²) < 4.78 is 0.